The van der Waals surface area contributed by atoms with Gasteiger partial charge in [0.25, 0.3) is 0 Å². The molecule has 2 radical (unpaired) electrons. The zero-order valence-corrected chi connectivity index (χ0v) is 7.91. The molecule has 1 aromatic carbocycles. The minimum Gasteiger partial charge on any atom is -0.242 e. The molecule has 0 fully saturated rings. The largest absolute Gasteiger partial charge is 0.242 e. The van der Waals surface area contributed by atoms with E-state index in [-0.39, 0.29) is 0 Å². The summed E-state index contributed by atoms with van der Waals surface area (Å²) in [6.45, 7) is 5.58. The average Bonchev–Trinajstić information content (AvgIpc) is 2.29. The Balaban J connectivity index is 2.23. The van der Waals surface area contributed by atoms with Crippen molar-refractivity contribution < 1.29 is 0 Å². The van der Waals surface area contributed by atoms with Crippen molar-refractivity contribution in [3.63, 3.8) is 0 Å². The molecule has 0 aliphatic rings. The fraction of sp³-hybridized carbons (Fsp3) is 0. The Morgan fingerprint density at radius 2 is 1.87 bits per heavy atom. The van der Waals surface area contributed by atoms with Crippen molar-refractivity contribution in [2.45, 2.75) is 0 Å². The molecule has 0 saturated carbocycles. The molecule has 2 aromatic rings. The Morgan fingerprint density at radius 1 is 1.07 bits per heavy atom. The normalized spacial score (nSPS) is 10.7. The summed E-state index contributed by atoms with van der Waals surface area (Å²) in [5.74, 6) is 0. The summed E-state index contributed by atoms with van der Waals surface area (Å²) in [5, 5.41) is 7.95. The minimum absolute atomic E-state index is 0.324. The van der Waals surface area contributed by atoms with Crippen LogP contribution in [0.4, 0.5) is 11.4 Å². The van der Waals surface area contributed by atoms with Crippen LogP contribution < -0.4 is 0 Å². The maximum atomic E-state index is 5.58. The molecule has 0 N–H and O–H groups in total. The first kappa shape index (κ1) is 9.45. The highest BCUT2D eigenvalue weighted by atomic mass is 15.1. The lowest BCUT2D eigenvalue weighted by Gasteiger charge is -1.94. The van der Waals surface area contributed by atoms with Crippen LogP contribution in [-0.4, -0.2) is 9.97 Å². The van der Waals surface area contributed by atoms with Crippen LogP contribution in [0.15, 0.2) is 53.1 Å². The predicted octanol–water partition coefficient (Wildman–Crippen LogP) is 2.95. The molecule has 4 heteroatoms. The maximum Gasteiger partial charge on any atom is 0.126 e. The molecule has 0 unspecified atom stereocenters. The Hall–Kier alpha value is -2.10. The van der Waals surface area contributed by atoms with E-state index in [0.717, 1.165) is 5.69 Å². The number of azo groups is 1. The Bertz CT molecular complexity index is 465. The molecule has 0 amide bonds. The third kappa shape index (κ3) is 2.43. The summed E-state index contributed by atoms with van der Waals surface area (Å²) in [7, 11) is 0. The molecule has 0 aliphatic heterocycles. The Kier molecular flexibility index (Phi) is 2.78. The van der Waals surface area contributed by atoms with Gasteiger partial charge in [0.1, 0.15) is 12.0 Å². The monoisotopic (exact) mass is 196 g/mol. The standard InChI is InChI=1S/C11H8N4/c1-9-11(7-12-8-13-9)15-14-10-5-3-2-4-6-10/h1-8H. The van der Waals surface area contributed by atoms with Gasteiger partial charge in [0.2, 0.25) is 0 Å². The molecule has 1 heterocycles. The van der Waals surface area contributed by atoms with Gasteiger partial charge in [-0.3, -0.25) is 0 Å². The van der Waals surface area contributed by atoms with Crippen molar-refractivity contribution in [2.75, 3.05) is 0 Å². The summed E-state index contributed by atoms with van der Waals surface area (Å²) < 4.78 is 0. The third-order valence-corrected chi connectivity index (χ3v) is 1.75. The van der Waals surface area contributed by atoms with Gasteiger partial charge >= 0.3 is 0 Å². The number of hydrogen-bond donors (Lipinski definition) is 0. The molecule has 1 aromatic heterocycles. The number of aromatic nitrogens is 2. The van der Waals surface area contributed by atoms with E-state index in [0.29, 0.717) is 11.4 Å². The minimum atomic E-state index is 0.324. The number of hydrogen-bond acceptors (Lipinski definition) is 4. The second-order valence-corrected chi connectivity index (χ2v) is 2.83. The van der Waals surface area contributed by atoms with Crippen molar-refractivity contribution in [3.8, 4) is 0 Å². The van der Waals surface area contributed by atoms with Crippen LogP contribution >= 0.6 is 0 Å². The van der Waals surface area contributed by atoms with Gasteiger partial charge in [-0.15, -0.1) is 5.11 Å². The van der Waals surface area contributed by atoms with Crippen molar-refractivity contribution in [2.24, 2.45) is 10.2 Å². The van der Waals surface area contributed by atoms with Crippen LogP contribution in [0.1, 0.15) is 5.69 Å². The first-order valence-corrected chi connectivity index (χ1v) is 4.38. The molecular formula is C11H8N4. The van der Waals surface area contributed by atoms with Gasteiger partial charge in [-0.25, -0.2) is 9.97 Å². The van der Waals surface area contributed by atoms with Gasteiger partial charge in [0.15, 0.2) is 0 Å². The van der Waals surface area contributed by atoms with Crippen molar-refractivity contribution in [3.05, 3.63) is 55.5 Å². The summed E-state index contributed by atoms with van der Waals surface area (Å²) in [5.41, 5.74) is 1.56. The molecule has 0 aliphatic carbocycles. The van der Waals surface area contributed by atoms with Crippen LogP contribution in [0.25, 0.3) is 0 Å². The van der Waals surface area contributed by atoms with Gasteiger partial charge in [0, 0.05) is 6.92 Å². The molecule has 0 bridgehead atoms. The molecule has 0 saturated heterocycles. The van der Waals surface area contributed by atoms with E-state index in [4.69, 9.17) is 6.92 Å². The van der Waals surface area contributed by atoms with Gasteiger partial charge in [0.05, 0.1) is 17.6 Å². The molecule has 72 valence electrons. The SMILES string of the molecule is [CH]c1ncncc1N=Nc1ccccc1. The van der Waals surface area contributed by atoms with E-state index in [1.165, 1.54) is 12.5 Å². The van der Waals surface area contributed by atoms with Crippen molar-refractivity contribution in [1.82, 2.24) is 9.97 Å². The predicted molar refractivity (Wildman–Crippen MR) is 56.1 cm³/mol. The van der Waals surface area contributed by atoms with Crippen LogP contribution in [-0.2, 0) is 0 Å². The van der Waals surface area contributed by atoms with E-state index >= 15 is 0 Å². The van der Waals surface area contributed by atoms with E-state index in [2.05, 4.69) is 20.2 Å². The van der Waals surface area contributed by atoms with Gasteiger partial charge < -0.3 is 0 Å². The number of benzene rings is 1. The lowest BCUT2D eigenvalue weighted by molar-refractivity contribution is 1.10. The number of nitrogens with zero attached hydrogens (tertiary/aromatic N) is 4. The fourth-order valence-corrected chi connectivity index (χ4v) is 1.02. The first-order valence-electron chi connectivity index (χ1n) is 4.38. The Labute approximate surface area is 87.7 Å². The van der Waals surface area contributed by atoms with E-state index < -0.39 is 0 Å². The van der Waals surface area contributed by atoms with Gasteiger partial charge in [-0.05, 0) is 12.1 Å². The van der Waals surface area contributed by atoms with Crippen LogP contribution in [0.5, 0.6) is 0 Å². The van der Waals surface area contributed by atoms with Gasteiger partial charge in [-0.2, -0.15) is 5.11 Å². The number of rotatable bonds is 2. The molecule has 15 heavy (non-hydrogen) atoms. The quantitative estimate of drug-likeness (QED) is 0.693. The van der Waals surface area contributed by atoms with E-state index in [9.17, 15) is 0 Å². The van der Waals surface area contributed by atoms with Gasteiger partial charge in [-0.1, -0.05) is 18.2 Å². The highest BCUT2D eigenvalue weighted by molar-refractivity contribution is 5.42. The van der Waals surface area contributed by atoms with Crippen LogP contribution in [0.2, 0.25) is 0 Å². The molecule has 2 rings (SSSR count). The lowest BCUT2D eigenvalue weighted by atomic mass is 10.3. The molecule has 0 atom stereocenters. The summed E-state index contributed by atoms with van der Waals surface area (Å²) in [6.07, 6.45) is 2.89. The van der Waals surface area contributed by atoms with Crippen molar-refractivity contribution in [1.29, 1.82) is 0 Å². The fourth-order valence-electron chi connectivity index (χ4n) is 1.02. The first-order chi connectivity index (χ1) is 7.36. The Morgan fingerprint density at radius 3 is 2.60 bits per heavy atom. The molecule has 4 nitrogen and oxygen atoms in total. The second-order valence-electron chi connectivity index (χ2n) is 2.83. The van der Waals surface area contributed by atoms with Crippen LogP contribution in [0.3, 0.4) is 0 Å². The smallest absolute Gasteiger partial charge is 0.126 e. The second kappa shape index (κ2) is 4.41. The lowest BCUT2D eigenvalue weighted by Crippen LogP contribution is -1.81. The summed E-state index contributed by atoms with van der Waals surface area (Å²) >= 11 is 0. The summed E-state index contributed by atoms with van der Waals surface area (Å²) in [6, 6.07) is 9.39. The highest BCUT2D eigenvalue weighted by Gasteiger charge is 1.95. The zero-order chi connectivity index (χ0) is 10.5. The van der Waals surface area contributed by atoms with E-state index in [1.54, 1.807) is 0 Å². The molecular weight excluding hydrogens is 188 g/mol. The maximum absolute atomic E-state index is 5.58. The van der Waals surface area contributed by atoms with Crippen molar-refractivity contribution >= 4 is 11.4 Å². The molecule has 0 spiro atoms. The van der Waals surface area contributed by atoms with E-state index in [1.807, 2.05) is 30.3 Å². The van der Waals surface area contributed by atoms with Crippen LogP contribution in [0, 0.1) is 6.92 Å². The zero-order valence-electron chi connectivity index (χ0n) is 7.91. The highest BCUT2D eigenvalue weighted by Crippen LogP contribution is 2.18. The summed E-state index contributed by atoms with van der Waals surface area (Å²) in [4.78, 5) is 7.62. The third-order valence-electron chi connectivity index (χ3n) is 1.75. The average molecular weight is 196 g/mol. The topological polar surface area (TPSA) is 50.5 Å².